The zero-order valence-corrected chi connectivity index (χ0v) is 11.3. The van der Waals surface area contributed by atoms with Gasteiger partial charge in [-0.15, -0.1) is 0 Å². The van der Waals surface area contributed by atoms with Crippen molar-refractivity contribution in [1.29, 1.82) is 0 Å². The van der Waals surface area contributed by atoms with Crippen molar-refractivity contribution < 1.29 is 4.79 Å². The van der Waals surface area contributed by atoms with E-state index >= 15 is 0 Å². The van der Waals surface area contributed by atoms with E-state index in [1.807, 2.05) is 19.1 Å². The van der Waals surface area contributed by atoms with Crippen molar-refractivity contribution in [2.45, 2.75) is 52.0 Å². The molecule has 0 saturated heterocycles. The number of carbonyl (C=O) groups is 1. The van der Waals surface area contributed by atoms with Crippen molar-refractivity contribution in [3.63, 3.8) is 0 Å². The number of benzene rings is 1. The molecule has 2 heteroatoms. The molecule has 0 bridgehead atoms. The first-order valence-corrected chi connectivity index (χ1v) is 6.16. The Kier molecular flexibility index (Phi) is 4.47. The van der Waals surface area contributed by atoms with Crippen LogP contribution in [0.4, 0.5) is 0 Å². The lowest BCUT2D eigenvalue weighted by molar-refractivity contribution is -0.118. The van der Waals surface area contributed by atoms with E-state index in [1.54, 1.807) is 0 Å². The number of rotatable bonds is 4. The average Bonchev–Trinajstić information content (AvgIpc) is 2.15. The van der Waals surface area contributed by atoms with Crippen molar-refractivity contribution in [1.82, 2.24) is 0 Å². The summed E-state index contributed by atoms with van der Waals surface area (Å²) in [6, 6.07) is 8.25. The molecule has 1 unspecified atom stereocenters. The number of carbonyl (C=O) groups excluding carboxylic acids is 1. The number of hydrogen-bond acceptors (Lipinski definition) is 2. The normalized spacial score (nSPS) is 13.5. The van der Waals surface area contributed by atoms with Gasteiger partial charge in [-0.25, -0.2) is 0 Å². The SMILES string of the molecule is CC(N)CC(=O)Cc1ccc(C(C)(C)C)cc1. The number of ketones is 1. The van der Waals surface area contributed by atoms with Crippen LogP contribution in [0.25, 0.3) is 0 Å². The van der Waals surface area contributed by atoms with Crippen molar-refractivity contribution in [3.05, 3.63) is 35.4 Å². The molecule has 0 fully saturated rings. The summed E-state index contributed by atoms with van der Waals surface area (Å²) < 4.78 is 0. The van der Waals surface area contributed by atoms with Gasteiger partial charge in [0, 0.05) is 18.9 Å². The van der Waals surface area contributed by atoms with Crippen LogP contribution < -0.4 is 5.73 Å². The van der Waals surface area contributed by atoms with E-state index in [0.717, 1.165) is 5.56 Å². The van der Waals surface area contributed by atoms with Gasteiger partial charge in [0.2, 0.25) is 0 Å². The number of hydrogen-bond donors (Lipinski definition) is 1. The zero-order chi connectivity index (χ0) is 13.1. The lowest BCUT2D eigenvalue weighted by Crippen LogP contribution is -2.20. The molecule has 0 aliphatic heterocycles. The minimum atomic E-state index is -0.0450. The maximum atomic E-state index is 11.6. The van der Waals surface area contributed by atoms with E-state index in [2.05, 4.69) is 32.9 Å². The lowest BCUT2D eigenvalue weighted by atomic mass is 9.86. The highest BCUT2D eigenvalue weighted by atomic mass is 16.1. The fraction of sp³-hybridized carbons (Fsp3) is 0.533. The van der Waals surface area contributed by atoms with Gasteiger partial charge in [0.05, 0.1) is 0 Å². The minimum absolute atomic E-state index is 0.0450. The van der Waals surface area contributed by atoms with E-state index in [-0.39, 0.29) is 17.2 Å². The molecule has 0 heterocycles. The van der Waals surface area contributed by atoms with Gasteiger partial charge in [0.25, 0.3) is 0 Å². The second-order valence-corrected chi connectivity index (χ2v) is 5.84. The summed E-state index contributed by atoms with van der Waals surface area (Å²) in [6.45, 7) is 8.41. The van der Waals surface area contributed by atoms with Crippen LogP contribution in [0.1, 0.15) is 45.2 Å². The zero-order valence-electron chi connectivity index (χ0n) is 11.3. The Morgan fingerprint density at radius 2 is 1.76 bits per heavy atom. The van der Waals surface area contributed by atoms with Crippen LogP contribution in [-0.4, -0.2) is 11.8 Å². The smallest absolute Gasteiger partial charge is 0.138 e. The maximum absolute atomic E-state index is 11.6. The lowest BCUT2D eigenvalue weighted by Gasteiger charge is -2.19. The Morgan fingerprint density at radius 1 is 1.24 bits per heavy atom. The predicted octanol–water partition coefficient (Wildman–Crippen LogP) is 2.83. The van der Waals surface area contributed by atoms with Crippen molar-refractivity contribution >= 4 is 5.78 Å². The highest BCUT2D eigenvalue weighted by Crippen LogP contribution is 2.22. The van der Waals surface area contributed by atoms with Gasteiger partial charge >= 0.3 is 0 Å². The Bertz CT molecular complexity index is 371. The summed E-state index contributed by atoms with van der Waals surface area (Å²) in [5.41, 5.74) is 8.13. The molecule has 1 rings (SSSR count). The van der Waals surface area contributed by atoms with E-state index in [1.165, 1.54) is 5.56 Å². The first-order chi connectivity index (χ1) is 7.79. The minimum Gasteiger partial charge on any atom is -0.328 e. The summed E-state index contributed by atoms with van der Waals surface area (Å²) in [7, 11) is 0. The first-order valence-electron chi connectivity index (χ1n) is 6.16. The molecular formula is C15H23NO. The molecule has 1 aromatic carbocycles. The van der Waals surface area contributed by atoms with Crippen LogP contribution in [0.2, 0.25) is 0 Å². The second kappa shape index (κ2) is 5.46. The molecule has 0 saturated carbocycles. The fourth-order valence-electron chi connectivity index (χ4n) is 1.78. The molecule has 0 aliphatic carbocycles. The quantitative estimate of drug-likeness (QED) is 0.869. The molecule has 94 valence electrons. The van der Waals surface area contributed by atoms with Gasteiger partial charge in [-0.1, -0.05) is 45.0 Å². The van der Waals surface area contributed by atoms with Gasteiger partial charge in [0.1, 0.15) is 5.78 Å². The summed E-state index contributed by atoms with van der Waals surface area (Å²) in [5, 5.41) is 0. The third kappa shape index (κ3) is 4.70. The van der Waals surface area contributed by atoms with Gasteiger partial charge in [-0.3, -0.25) is 4.79 Å². The highest BCUT2D eigenvalue weighted by molar-refractivity contribution is 5.81. The predicted molar refractivity (Wildman–Crippen MR) is 72.1 cm³/mol. The Morgan fingerprint density at radius 3 is 2.18 bits per heavy atom. The van der Waals surface area contributed by atoms with Crippen molar-refractivity contribution in [2.24, 2.45) is 5.73 Å². The van der Waals surface area contributed by atoms with E-state index < -0.39 is 0 Å². The Balaban J connectivity index is 2.66. The molecule has 17 heavy (non-hydrogen) atoms. The summed E-state index contributed by atoms with van der Waals surface area (Å²) in [4.78, 5) is 11.6. The molecule has 2 nitrogen and oxygen atoms in total. The van der Waals surface area contributed by atoms with Gasteiger partial charge in [-0.05, 0) is 23.5 Å². The molecule has 0 radical (unpaired) electrons. The summed E-state index contributed by atoms with van der Waals surface area (Å²) in [6.07, 6.45) is 0.951. The summed E-state index contributed by atoms with van der Waals surface area (Å²) in [5.74, 6) is 0.212. The third-order valence-electron chi connectivity index (χ3n) is 2.77. The molecule has 1 atom stereocenters. The molecule has 2 N–H and O–H groups in total. The molecule has 0 spiro atoms. The number of Topliss-reactive ketones (excluding diaryl/α,β-unsaturated/α-hetero) is 1. The van der Waals surface area contributed by atoms with E-state index in [0.29, 0.717) is 12.8 Å². The molecular weight excluding hydrogens is 210 g/mol. The first kappa shape index (κ1) is 13.9. The fourth-order valence-corrected chi connectivity index (χ4v) is 1.78. The average molecular weight is 233 g/mol. The van der Waals surface area contributed by atoms with Crippen LogP contribution >= 0.6 is 0 Å². The van der Waals surface area contributed by atoms with Crippen LogP contribution in [0.15, 0.2) is 24.3 Å². The molecule has 0 aromatic heterocycles. The van der Waals surface area contributed by atoms with Gasteiger partial charge in [-0.2, -0.15) is 0 Å². The number of nitrogens with two attached hydrogens (primary N) is 1. The molecule has 1 aromatic rings. The third-order valence-corrected chi connectivity index (χ3v) is 2.77. The van der Waals surface area contributed by atoms with Crippen molar-refractivity contribution in [3.8, 4) is 0 Å². The summed E-state index contributed by atoms with van der Waals surface area (Å²) >= 11 is 0. The van der Waals surface area contributed by atoms with Crippen molar-refractivity contribution in [2.75, 3.05) is 0 Å². The Hall–Kier alpha value is -1.15. The second-order valence-electron chi connectivity index (χ2n) is 5.84. The standard InChI is InChI=1S/C15H23NO/c1-11(16)9-14(17)10-12-5-7-13(8-6-12)15(2,3)4/h5-8,11H,9-10,16H2,1-4H3. The van der Waals surface area contributed by atoms with E-state index in [4.69, 9.17) is 5.73 Å². The van der Waals surface area contributed by atoms with E-state index in [9.17, 15) is 4.79 Å². The maximum Gasteiger partial charge on any atom is 0.138 e. The monoisotopic (exact) mass is 233 g/mol. The van der Waals surface area contributed by atoms with Gasteiger partial charge < -0.3 is 5.73 Å². The molecule has 0 amide bonds. The largest absolute Gasteiger partial charge is 0.328 e. The van der Waals surface area contributed by atoms with Crippen LogP contribution in [-0.2, 0) is 16.6 Å². The van der Waals surface area contributed by atoms with Crippen LogP contribution in [0.3, 0.4) is 0 Å². The van der Waals surface area contributed by atoms with Crippen LogP contribution in [0.5, 0.6) is 0 Å². The highest BCUT2D eigenvalue weighted by Gasteiger charge is 2.13. The van der Waals surface area contributed by atoms with Crippen LogP contribution in [0, 0.1) is 0 Å². The van der Waals surface area contributed by atoms with Gasteiger partial charge in [0.15, 0.2) is 0 Å². The molecule has 0 aliphatic rings. The topological polar surface area (TPSA) is 43.1 Å². The Labute approximate surface area is 104 Å².